The molecule has 6 heteroatoms. The van der Waals surface area contributed by atoms with E-state index in [1.807, 2.05) is 13.8 Å². The van der Waals surface area contributed by atoms with E-state index in [-0.39, 0.29) is 22.9 Å². The van der Waals surface area contributed by atoms with Crippen molar-refractivity contribution in [1.29, 1.82) is 0 Å². The molecule has 0 unspecified atom stereocenters. The number of fused-ring (bicyclic) bond motifs is 2. The van der Waals surface area contributed by atoms with Gasteiger partial charge in [-0.2, -0.15) is 0 Å². The second-order valence-electron chi connectivity index (χ2n) is 5.52. The van der Waals surface area contributed by atoms with Crippen LogP contribution in [0.1, 0.15) is 33.1 Å². The molecule has 2 bridgehead atoms. The maximum absolute atomic E-state index is 12.0. The van der Waals surface area contributed by atoms with E-state index < -0.39 is 15.4 Å². The maximum Gasteiger partial charge on any atom is 0.234 e. The van der Waals surface area contributed by atoms with Gasteiger partial charge in [-0.25, -0.2) is 8.42 Å². The Bertz CT molecular complexity index is 428. The highest BCUT2D eigenvalue weighted by Gasteiger charge is 2.65. The van der Waals surface area contributed by atoms with Gasteiger partial charge in [0.2, 0.25) is 10.0 Å². The molecule has 0 aromatic heterocycles. The summed E-state index contributed by atoms with van der Waals surface area (Å²) in [5.74, 6) is 0.0280. The Morgan fingerprint density at radius 1 is 1.50 bits per heavy atom. The van der Waals surface area contributed by atoms with Gasteiger partial charge in [-0.05, 0) is 24.2 Å². The molecule has 2 rings (SSSR count). The van der Waals surface area contributed by atoms with Crippen molar-refractivity contribution in [3.05, 3.63) is 0 Å². The minimum atomic E-state index is -3.77. The molecule has 2 atom stereocenters. The van der Waals surface area contributed by atoms with Gasteiger partial charge in [0.05, 0.1) is 5.75 Å². The third-order valence-electron chi connectivity index (χ3n) is 4.71. The van der Waals surface area contributed by atoms with E-state index in [1.165, 1.54) is 4.89 Å². The lowest BCUT2D eigenvalue weighted by Gasteiger charge is -2.35. The minimum absolute atomic E-state index is 0.0348. The molecule has 0 aromatic carbocycles. The number of nitrogens with one attached hydrogen (secondary N) is 1. The van der Waals surface area contributed by atoms with Crippen molar-refractivity contribution in [3.8, 4) is 0 Å². The fraction of sp³-hybridized carbons (Fsp3) is 0.900. The Balaban J connectivity index is 2.40. The molecule has 0 heterocycles. The summed E-state index contributed by atoms with van der Waals surface area (Å²) in [4.78, 5) is 13.3. The summed E-state index contributed by atoms with van der Waals surface area (Å²) in [5.41, 5.74) is -1.08. The van der Waals surface area contributed by atoms with E-state index in [0.717, 1.165) is 6.42 Å². The monoisotopic (exact) mass is 247 g/mol. The fourth-order valence-electron chi connectivity index (χ4n) is 3.46. The standard InChI is InChI=1S/C10H17NO4S/c1-9(2)7-3-4-10(9,8(12)5-7)6-16(14,15)11-13/h7,11,13H,3-6H2,1-2H3/t7-,10-/m1/s1. The van der Waals surface area contributed by atoms with Crippen molar-refractivity contribution in [2.75, 3.05) is 5.75 Å². The molecular formula is C10H17NO4S. The summed E-state index contributed by atoms with van der Waals surface area (Å²) in [6.07, 6.45) is 2.00. The van der Waals surface area contributed by atoms with Crippen LogP contribution in [0.5, 0.6) is 0 Å². The van der Waals surface area contributed by atoms with Gasteiger partial charge in [0.15, 0.2) is 0 Å². The number of carbonyl (C=O) groups excluding carboxylic acids is 1. The second kappa shape index (κ2) is 3.27. The number of ketones is 1. The van der Waals surface area contributed by atoms with Crippen LogP contribution in [0.4, 0.5) is 0 Å². The third-order valence-corrected chi connectivity index (χ3v) is 5.87. The van der Waals surface area contributed by atoms with Crippen LogP contribution in [0.3, 0.4) is 0 Å². The van der Waals surface area contributed by atoms with Crippen LogP contribution in [0.15, 0.2) is 0 Å². The van der Waals surface area contributed by atoms with Gasteiger partial charge in [0, 0.05) is 11.8 Å². The first-order valence-corrected chi connectivity index (χ1v) is 7.07. The second-order valence-corrected chi connectivity index (χ2v) is 7.22. The molecule has 92 valence electrons. The molecule has 0 saturated heterocycles. The molecule has 0 aliphatic heterocycles. The Hall–Kier alpha value is -0.460. The predicted octanol–water partition coefficient (Wildman–Crippen LogP) is 0.690. The molecule has 2 aliphatic carbocycles. The van der Waals surface area contributed by atoms with Gasteiger partial charge in [-0.15, -0.1) is 0 Å². The minimum Gasteiger partial charge on any atom is -0.302 e. The largest absolute Gasteiger partial charge is 0.302 e. The number of Topliss-reactive ketones (excluding diaryl/α,β-unsaturated/α-hetero) is 1. The Morgan fingerprint density at radius 3 is 2.50 bits per heavy atom. The highest BCUT2D eigenvalue weighted by atomic mass is 32.2. The Morgan fingerprint density at radius 2 is 2.12 bits per heavy atom. The van der Waals surface area contributed by atoms with Gasteiger partial charge in [-0.3, -0.25) is 4.79 Å². The first kappa shape index (κ1) is 12.0. The first-order valence-electron chi connectivity index (χ1n) is 5.42. The van der Waals surface area contributed by atoms with Crippen LogP contribution in [0.25, 0.3) is 0 Å². The van der Waals surface area contributed by atoms with Gasteiger partial charge in [0.1, 0.15) is 5.78 Å². The molecule has 0 amide bonds. The zero-order chi connectivity index (χ0) is 12.2. The number of hydrogen-bond donors (Lipinski definition) is 2. The summed E-state index contributed by atoms with van der Waals surface area (Å²) in [6.45, 7) is 3.92. The molecule has 2 N–H and O–H groups in total. The maximum atomic E-state index is 12.0. The summed E-state index contributed by atoms with van der Waals surface area (Å²) < 4.78 is 22.9. The van der Waals surface area contributed by atoms with Crippen molar-refractivity contribution in [2.24, 2.45) is 16.7 Å². The van der Waals surface area contributed by atoms with Gasteiger partial charge >= 0.3 is 0 Å². The van der Waals surface area contributed by atoms with Crippen molar-refractivity contribution in [3.63, 3.8) is 0 Å². The van der Waals surface area contributed by atoms with Crippen molar-refractivity contribution >= 4 is 15.8 Å². The summed E-state index contributed by atoms with van der Waals surface area (Å²) in [7, 11) is -3.77. The number of carbonyl (C=O) groups is 1. The Labute approximate surface area is 95.2 Å². The average Bonchev–Trinajstić information content (AvgIpc) is 2.51. The molecule has 0 spiro atoms. The first-order chi connectivity index (χ1) is 7.25. The molecule has 16 heavy (non-hydrogen) atoms. The molecule has 5 nitrogen and oxygen atoms in total. The van der Waals surface area contributed by atoms with Crippen LogP contribution >= 0.6 is 0 Å². The lowest BCUT2D eigenvalue weighted by Crippen LogP contribution is -2.44. The van der Waals surface area contributed by atoms with Crippen LogP contribution in [0, 0.1) is 16.7 Å². The van der Waals surface area contributed by atoms with Crippen LogP contribution < -0.4 is 4.89 Å². The zero-order valence-corrected chi connectivity index (χ0v) is 10.3. The summed E-state index contributed by atoms with van der Waals surface area (Å²) in [5, 5.41) is 8.59. The van der Waals surface area contributed by atoms with E-state index in [1.54, 1.807) is 0 Å². The molecule has 2 fully saturated rings. The highest BCUT2D eigenvalue weighted by Crippen LogP contribution is 2.64. The third kappa shape index (κ3) is 1.36. The van der Waals surface area contributed by atoms with E-state index >= 15 is 0 Å². The van der Waals surface area contributed by atoms with Crippen molar-refractivity contribution < 1.29 is 18.4 Å². The van der Waals surface area contributed by atoms with E-state index in [2.05, 4.69) is 0 Å². The fourth-order valence-corrected chi connectivity index (χ4v) is 4.86. The predicted molar refractivity (Wildman–Crippen MR) is 57.3 cm³/mol. The lowest BCUT2D eigenvalue weighted by molar-refractivity contribution is -0.128. The normalized spacial score (nSPS) is 36.9. The number of hydrogen-bond acceptors (Lipinski definition) is 4. The van der Waals surface area contributed by atoms with E-state index in [9.17, 15) is 13.2 Å². The lowest BCUT2D eigenvalue weighted by atomic mass is 9.70. The van der Waals surface area contributed by atoms with Crippen molar-refractivity contribution in [2.45, 2.75) is 33.1 Å². The molecule has 2 aliphatic rings. The molecular weight excluding hydrogens is 230 g/mol. The van der Waals surface area contributed by atoms with Gasteiger partial charge in [-0.1, -0.05) is 18.7 Å². The molecule has 2 saturated carbocycles. The molecule has 0 aromatic rings. The number of rotatable bonds is 3. The topological polar surface area (TPSA) is 83.5 Å². The van der Waals surface area contributed by atoms with Gasteiger partial charge in [0.25, 0.3) is 0 Å². The highest BCUT2D eigenvalue weighted by molar-refractivity contribution is 7.89. The number of sulfonamides is 1. The average molecular weight is 247 g/mol. The smallest absolute Gasteiger partial charge is 0.234 e. The van der Waals surface area contributed by atoms with Crippen molar-refractivity contribution in [1.82, 2.24) is 4.89 Å². The zero-order valence-electron chi connectivity index (χ0n) is 9.49. The van der Waals surface area contributed by atoms with Crippen LogP contribution in [-0.2, 0) is 14.8 Å². The quantitative estimate of drug-likeness (QED) is 0.719. The van der Waals surface area contributed by atoms with Crippen LogP contribution in [0.2, 0.25) is 0 Å². The summed E-state index contributed by atoms with van der Waals surface area (Å²) in [6, 6.07) is 0. The van der Waals surface area contributed by atoms with Gasteiger partial charge < -0.3 is 5.21 Å². The van der Waals surface area contributed by atoms with E-state index in [4.69, 9.17) is 5.21 Å². The van der Waals surface area contributed by atoms with E-state index in [0.29, 0.717) is 12.8 Å². The van der Waals surface area contributed by atoms with Crippen LogP contribution in [-0.4, -0.2) is 25.2 Å². The molecule has 0 radical (unpaired) electrons. The summed E-state index contributed by atoms with van der Waals surface area (Å²) >= 11 is 0. The Kier molecular flexibility index (Phi) is 2.46. The SMILES string of the molecule is CC1(C)[C@@H]2CC[C@@]1(CS(=O)(=O)NO)C(=O)C2.